The topological polar surface area (TPSA) is 30.0 Å². The van der Waals surface area contributed by atoms with Crippen molar-refractivity contribution in [1.29, 1.82) is 0 Å². The van der Waals surface area contributed by atoms with Crippen LogP contribution in [0, 0.1) is 0 Å². The molecule has 3 heterocycles. The number of hydrogen-bond acceptors (Lipinski definition) is 4. The van der Waals surface area contributed by atoms with Crippen LogP contribution in [-0.2, 0) is 4.79 Å². The van der Waals surface area contributed by atoms with Gasteiger partial charge in [-0.1, -0.05) is 6.08 Å². The Balaban J connectivity index is 1.54. The maximum Gasteiger partial charge on any atom is 0.243 e. The maximum absolute atomic E-state index is 13.0. The molecule has 3 aliphatic rings. The van der Waals surface area contributed by atoms with Crippen LogP contribution in [0.5, 0.6) is 0 Å². The third kappa shape index (κ3) is 3.47. The van der Waals surface area contributed by atoms with Gasteiger partial charge in [-0.2, -0.15) is 0 Å². The minimum absolute atomic E-state index is 0.259. The third-order valence-electron chi connectivity index (χ3n) is 6.09. The van der Waals surface area contributed by atoms with E-state index >= 15 is 0 Å². The van der Waals surface area contributed by atoms with E-state index in [1.54, 1.807) is 0 Å². The van der Waals surface area contributed by atoms with Crippen molar-refractivity contribution in [3.05, 3.63) is 12.7 Å². The second kappa shape index (κ2) is 7.32. The Hall–Kier alpha value is -0.910. The molecule has 5 heteroatoms. The van der Waals surface area contributed by atoms with E-state index in [-0.39, 0.29) is 5.54 Å². The highest BCUT2D eigenvalue weighted by Gasteiger charge is 2.48. The van der Waals surface area contributed by atoms with Crippen LogP contribution < -0.4 is 0 Å². The van der Waals surface area contributed by atoms with E-state index < -0.39 is 0 Å². The number of carbonyl (C=O) groups is 1. The number of likely N-dealkylation sites (N-methyl/N-ethyl adjacent to an activating group) is 1. The molecule has 3 rings (SSSR count). The Bertz CT molecular complexity index is 425. The number of nitrogens with zero attached hydrogens (tertiary/aromatic N) is 4. The van der Waals surface area contributed by atoms with E-state index in [2.05, 4.69) is 28.3 Å². The fourth-order valence-electron chi connectivity index (χ4n) is 4.41. The number of hydrogen-bond donors (Lipinski definition) is 0. The molecule has 0 bridgehead atoms. The summed E-state index contributed by atoms with van der Waals surface area (Å²) in [5.41, 5.74) is -0.259. The summed E-state index contributed by atoms with van der Waals surface area (Å²) in [4.78, 5) is 22.4. The molecule has 0 aromatic heterocycles. The Morgan fingerprint density at radius 3 is 2.22 bits per heavy atom. The van der Waals surface area contributed by atoms with Gasteiger partial charge in [0.05, 0.1) is 0 Å². The molecule has 0 aromatic carbocycles. The number of rotatable bonds is 5. The van der Waals surface area contributed by atoms with Gasteiger partial charge in [-0.05, 0) is 45.8 Å². The summed E-state index contributed by atoms with van der Waals surface area (Å²) in [6.45, 7) is 13.3. The Morgan fingerprint density at radius 2 is 1.61 bits per heavy atom. The highest BCUT2D eigenvalue weighted by molar-refractivity contribution is 5.87. The lowest BCUT2D eigenvalue weighted by atomic mass is 9.82. The second-order valence-corrected chi connectivity index (χ2v) is 7.38. The first-order chi connectivity index (χ1) is 11.2. The number of amides is 1. The zero-order chi connectivity index (χ0) is 16.3. The summed E-state index contributed by atoms with van der Waals surface area (Å²) in [6.07, 6.45) is 6.51. The Morgan fingerprint density at radius 1 is 1.00 bits per heavy atom. The van der Waals surface area contributed by atoms with Crippen molar-refractivity contribution >= 4 is 5.91 Å². The zero-order valence-corrected chi connectivity index (χ0v) is 14.7. The lowest BCUT2D eigenvalue weighted by Crippen LogP contribution is -2.67. The van der Waals surface area contributed by atoms with Crippen LogP contribution in [0.1, 0.15) is 25.7 Å². The van der Waals surface area contributed by atoms with Crippen LogP contribution in [0.2, 0.25) is 0 Å². The molecule has 130 valence electrons. The first kappa shape index (κ1) is 16.9. The van der Waals surface area contributed by atoms with Crippen molar-refractivity contribution in [1.82, 2.24) is 19.6 Å². The fraction of sp³-hybridized carbons (Fsp3) is 0.833. The van der Waals surface area contributed by atoms with E-state index in [9.17, 15) is 4.79 Å². The number of piperidine rings is 1. The van der Waals surface area contributed by atoms with Crippen LogP contribution in [0.4, 0.5) is 0 Å². The molecular formula is C18H32N4O. The SMILES string of the molecule is C=CCN1CCN(C)C2(CCN(CCN3CCCC3)CC2)C1=O. The molecule has 0 aliphatic carbocycles. The van der Waals surface area contributed by atoms with Crippen LogP contribution in [0.3, 0.4) is 0 Å². The molecule has 0 atom stereocenters. The lowest BCUT2D eigenvalue weighted by molar-refractivity contribution is -0.153. The molecule has 0 N–H and O–H groups in total. The molecule has 3 saturated heterocycles. The van der Waals surface area contributed by atoms with Gasteiger partial charge in [-0.15, -0.1) is 6.58 Å². The summed E-state index contributed by atoms with van der Waals surface area (Å²) >= 11 is 0. The van der Waals surface area contributed by atoms with Crippen molar-refractivity contribution in [3.8, 4) is 0 Å². The zero-order valence-electron chi connectivity index (χ0n) is 14.7. The number of likely N-dealkylation sites (tertiary alicyclic amines) is 2. The highest BCUT2D eigenvalue weighted by Crippen LogP contribution is 2.32. The normalized spacial score (nSPS) is 27.0. The number of piperazine rings is 1. The minimum atomic E-state index is -0.259. The molecule has 5 nitrogen and oxygen atoms in total. The fourth-order valence-corrected chi connectivity index (χ4v) is 4.41. The van der Waals surface area contributed by atoms with Gasteiger partial charge in [0, 0.05) is 45.8 Å². The lowest BCUT2D eigenvalue weighted by Gasteiger charge is -2.51. The summed E-state index contributed by atoms with van der Waals surface area (Å²) in [5.74, 6) is 0.324. The molecule has 1 amide bonds. The van der Waals surface area contributed by atoms with E-state index in [0.717, 1.165) is 45.6 Å². The van der Waals surface area contributed by atoms with Crippen LogP contribution in [0.15, 0.2) is 12.7 Å². The standard InChI is InChI=1S/C18H32N4O/c1-3-8-22-16-13-19(2)18(17(22)23)6-11-21(12-7-18)15-14-20-9-4-5-10-20/h3H,1,4-16H2,2H3. The average Bonchev–Trinajstić information content (AvgIpc) is 3.08. The molecule has 3 aliphatic heterocycles. The van der Waals surface area contributed by atoms with Crippen molar-refractivity contribution in [3.63, 3.8) is 0 Å². The smallest absolute Gasteiger partial charge is 0.243 e. The van der Waals surface area contributed by atoms with Gasteiger partial charge in [0.2, 0.25) is 5.91 Å². The predicted molar refractivity (Wildman–Crippen MR) is 93.5 cm³/mol. The monoisotopic (exact) mass is 320 g/mol. The van der Waals surface area contributed by atoms with Gasteiger partial charge in [0.25, 0.3) is 0 Å². The van der Waals surface area contributed by atoms with Crippen molar-refractivity contribution in [2.45, 2.75) is 31.2 Å². The van der Waals surface area contributed by atoms with E-state index in [0.29, 0.717) is 12.5 Å². The van der Waals surface area contributed by atoms with Crippen molar-refractivity contribution in [2.75, 3.05) is 66.0 Å². The van der Waals surface area contributed by atoms with Gasteiger partial charge in [0.1, 0.15) is 5.54 Å². The average molecular weight is 320 g/mol. The molecule has 3 fully saturated rings. The molecule has 23 heavy (non-hydrogen) atoms. The molecule has 0 unspecified atom stereocenters. The second-order valence-electron chi connectivity index (χ2n) is 7.38. The van der Waals surface area contributed by atoms with E-state index in [1.165, 1.54) is 32.5 Å². The quantitative estimate of drug-likeness (QED) is 0.704. The van der Waals surface area contributed by atoms with Crippen LogP contribution >= 0.6 is 0 Å². The van der Waals surface area contributed by atoms with Crippen molar-refractivity contribution in [2.24, 2.45) is 0 Å². The Labute approximate surface area is 140 Å². The van der Waals surface area contributed by atoms with Crippen molar-refractivity contribution < 1.29 is 4.79 Å². The van der Waals surface area contributed by atoms with Gasteiger partial charge < -0.3 is 14.7 Å². The van der Waals surface area contributed by atoms with Crippen LogP contribution in [0.25, 0.3) is 0 Å². The highest BCUT2D eigenvalue weighted by atomic mass is 16.2. The molecule has 0 saturated carbocycles. The van der Waals surface area contributed by atoms with Crippen LogP contribution in [-0.4, -0.2) is 97.0 Å². The van der Waals surface area contributed by atoms with Gasteiger partial charge >= 0.3 is 0 Å². The summed E-state index contributed by atoms with van der Waals surface area (Å²) in [7, 11) is 2.13. The van der Waals surface area contributed by atoms with E-state index in [4.69, 9.17) is 0 Å². The predicted octanol–water partition coefficient (Wildman–Crippen LogP) is 0.877. The largest absolute Gasteiger partial charge is 0.336 e. The minimum Gasteiger partial charge on any atom is -0.336 e. The van der Waals surface area contributed by atoms with Gasteiger partial charge in [-0.25, -0.2) is 0 Å². The molecular weight excluding hydrogens is 288 g/mol. The third-order valence-corrected chi connectivity index (χ3v) is 6.09. The number of carbonyl (C=O) groups excluding carboxylic acids is 1. The first-order valence-electron chi connectivity index (χ1n) is 9.22. The summed E-state index contributed by atoms with van der Waals surface area (Å²) in [6, 6.07) is 0. The molecule has 1 spiro atoms. The molecule has 0 radical (unpaired) electrons. The van der Waals surface area contributed by atoms with Gasteiger partial charge in [0.15, 0.2) is 0 Å². The summed E-state index contributed by atoms with van der Waals surface area (Å²) < 4.78 is 0. The molecule has 0 aromatic rings. The Kier molecular flexibility index (Phi) is 5.39. The van der Waals surface area contributed by atoms with E-state index in [1.807, 2.05) is 11.0 Å². The van der Waals surface area contributed by atoms with Gasteiger partial charge in [-0.3, -0.25) is 9.69 Å². The summed E-state index contributed by atoms with van der Waals surface area (Å²) in [5, 5.41) is 0. The maximum atomic E-state index is 13.0. The first-order valence-corrected chi connectivity index (χ1v) is 9.22.